The molecule has 1 aliphatic heterocycles. The number of nitrogens with zero attached hydrogens (tertiary/aromatic N) is 2. The lowest BCUT2D eigenvalue weighted by atomic mass is 10.2. The summed E-state index contributed by atoms with van der Waals surface area (Å²) < 4.78 is 22.3. The third-order valence-electron chi connectivity index (χ3n) is 3.83. The molecule has 1 heterocycles. The van der Waals surface area contributed by atoms with Crippen LogP contribution in [-0.2, 0) is 9.59 Å². The van der Waals surface area contributed by atoms with E-state index in [-0.39, 0.29) is 0 Å². The van der Waals surface area contributed by atoms with E-state index in [1.807, 2.05) is 30.3 Å². The van der Waals surface area contributed by atoms with Crippen molar-refractivity contribution >= 4 is 46.7 Å². The molecule has 0 radical (unpaired) electrons. The van der Waals surface area contributed by atoms with Crippen LogP contribution in [0.15, 0.2) is 64.4 Å². The Labute approximate surface area is 183 Å². The Morgan fingerprint density at radius 2 is 1.79 bits per heavy atom. The minimum absolute atomic E-state index is 0.512. The van der Waals surface area contributed by atoms with E-state index in [1.165, 1.54) is 14.7 Å². The summed E-state index contributed by atoms with van der Waals surface area (Å²) in [6.07, 6.45) is 1.87. The number of aliphatic carboxylic acids is 2. The van der Waals surface area contributed by atoms with Gasteiger partial charge in [0.25, 0.3) is 0 Å². The molecule has 0 bridgehead atoms. The van der Waals surface area contributed by atoms with Crippen molar-refractivity contribution in [1.82, 2.24) is 4.90 Å². The van der Waals surface area contributed by atoms with Crippen LogP contribution < -0.4 is 4.90 Å². The highest BCUT2D eigenvalue weighted by molar-refractivity contribution is 7.99. The standard InChI is InChI=1S/C17H19ClN2S.C4H4O4/c1-19(2)10-5-11-20-14-6-3-4-7-16(14)21-17-9-8-13(18)12-15(17)20;5-3(6)1-2-4(7)8/h3-4,6-9,12H,5,10-11H2,1-2H3;1-2H,(H,5,6)(H,7,8)/b;2-1-/i1D3;. The quantitative estimate of drug-likeness (QED) is 0.639. The van der Waals surface area contributed by atoms with Crippen molar-refractivity contribution in [3.8, 4) is 0 Å². The van der Waals surface area contributed by atoms with Crippen molar-refractivity contribution in [2.45, 2.75) is 16.2 Å². The smallest absolute Gasteiger partial charge is 0.328 e. The van der Waals surface area contributed by atoms with Gasteiger partial charge in [0, 0.05) is 37.6 Å². The molecule has 0 saturated heterocycles. The summed E-state index contributed by atoms with van der Waals surface area (Å²) in [7, 11) is 1.64. The first-order valence-electron chi connectivity index (χ1n) is 10.2. The molecule has 0 aromatic heterocycles. The average molecular weight is 438 g/mol. The van der Waals surface area contributed by atoms with Gasteiger partial charge in [-0.2, -0.15) is 0 Å². The van der Waals surface area contributed by atoms with Gasteiger partial charge in [-0.05, 0) is 57.3 Å². The molecule has 0 aliphatic carbocycles. The highest BCUT2D eigenvalue weighted by atomic mass is 35.5. The Bertz CT molecular complexity index is 985. The largest absolute Gasteiger partial charge is 0.478 e. The minimum Gasteiger partial charge on any atom is -0.478 e. The molecule has 0 saturated carbocycles. The van der Waals surface area contributed by atoms with Crippen molar-refractivity contribution in [2.24, 2.45) is 0 Å². The zero-order chi connectivity index (χ0) is 23.9. The van der Waals surface area contributed by atoms with E-state index < -0.39 is 18.9 Å². The second-order valence-corrected chi connectivity index (χ2v) is 7.64. The van der Waals surface area contributed by atoms with Crippen LogP contribution in [0.4, 0.5) is 11.4 Å². The van der Waals surface area contributed by atoms with Gasteiger partial charge in [0.15, 0.2) is 0 Å². The lowest BCUT2D eigenvalue weighted by Gasteiger charge is -2.33. The van der Waals surface area contributed by atoms with E-state index in [1.54, 1.807) is 18.8 Å². The fraction of sp³-hybridized carbons (Fsp3) is 0.238. The van der Waals surface area contributed by atoms with Crippen molar-refractivity contribution < 1.29 is 23.9 Å². The van der Waals surface area contributed by atoms with Gasteiger partial charge in [-0.15, -0.1) is 0 Å². The van der Waals surface area contributed by atoms with Gasteiger partial charge in [0.1, 0.15) is 0 Å². The van der Waals surface area contributed by atoms with Crippen molar-refractivity contribution in [3.63, 3.8) is 0 Å². The van der Waals surface area contributed by atoms with Crippen molar-refractivity contribution in [3.05, 3.63) is 59.6 Å². The molecular formula is C21H23ClN2O4S. The highest BCUT2D eigenvalue weighted by Gasteiger charge is 2.22. The first-order chi connectivity index (χ1) is 15.0. The SMILES string of the molecule is O=C(O)/C=C\C(=O)O.[2H]C([2H])([2H])N(C)CCCN1c2ccccc2Sc2ccc(Cl)cc21. The molecule has 1 aliphatic rings. The lowest BCUT2D eigenvalue weighted by molar-refractivity contribution is -0.134. The summed E-state index contributed by atoms with van der Waals surface area (Å²) >= 11 is 7.93. The molecule has 2 aromatic carbocycles. The second-order valence-electron chi connectivity index (χ2n) is 6.12. The summed E-state index contributed by atoms with van der Waals surface area (Å²) in [6, 6.07) is 14.2. The Hall–Kier alpha value is -2.48. The van der Waals surface area contributed by atoms with Crippen molar-refractivity contribution in [2.75, 3.05) is 32.0 Å². The number of anilines is 2. The molecule has 0 amide bonds. The number of benzene rings is 2. The average Bonchev–Trinajstić information content (AvgIpc) is 2.71. The molecule has 0 unspecified atom stereocenters. The van der Waals surface area contributed by atoms with E-state index >= 15 is 0 Å². The first kappa shape index (κ1) is 18.5. The molecule has 6 nitrogen and oxygen atoms in total. The number of carbonyl (C=O) groups is 2. The van der Waals surface area contributed by atoms with E-state index in [0.29, 0.717) is 23.7 Å². The summed E-state index contributed by atoms with van der Waals surface area (Å²) in [5.41, 5.74) is 2.23. The van der Waals surface area contributed by atoms with Crippen LogP contribution in [0.2, 0.25) is 5.02 Å². The van der Waals surface area contributed by atoms with Gasteiger partial charge in [-0.1, -0.05) is 35.5 Å². The number of carboxylic acid groups (broad SMARTS) is 2. The van der Waals surface area contributed by atoms with Crippen molar-refractivity contribution in [1.29, 1.82) is 0 Å². The summed E-state index contributed by atoms with van der Waals surface area (Å²) in [5.74, 6) is -2.51. The molecular weight excluding hydrogens is 412 g/mol. The fourth-order valence-corrected chi connectivity index (χ4v) is 3.89. The summed E-state index contributed by atoms with van der Waals surface area (Å²) in [4.78, 5) is 25.1. The van der Waals surface area contributed by atoms with Crippen LogP contribution in [-0.4, -0.2) is 54.2 Å². The molecule has 8 heteroatoms. The molecule has 154 valence electrons. The number of rotatable bonds is 6. The minimum atomic E-state index is -2.04. The predicted molar refractivity (Wildman–Crippen MR) is 117 cm³/mol. The van der Waals surface area contributed by atoms with Crippen LogP contribution >= 0.6 is 23.4 Å². The molecule has 0 spiro atoms. The van der Waals surface area contributed by atoms with Gasteiger partial charge < -0.3 is 20.0 Å². The first-order valence-corrected chi connectivity index (χ1v) is 9.87. The van der Waals surface area contributed by atoms with Crippen LogP contribution in [0.1, 0.15) is 10.5 Å². The van der Waals surface area contributed by atoms with E-state index in [9.17, 15) is 9.59 Å². The van der Waals surface area contributed by atoms with Crippen LogP contribution in [0.25, 0.3) is 0 Å². The van der Waals surface area contributed by atoms with E-state index in [4.69, 9.17) is 25.9 Å². The number of para-hydroxylation sites is 1. The maximum absolute atomic E-state index is 9.55. The maximum Gasteiger partial charge on any atom is 0.328 e. The Morgan fingerprint density at radius 3 is 2.45 bits per heavy atom. The zero-order valence-corrected chi connectivity index (χ0v) is 17.3. The third-order valence-corrected chi connectivity index (χ3v) is 5.20. The molecule has 0 fully saturated rings. The molecule has 0 atom stereocenters. The highest BCUT2D eigenvalue weighted by Crippen LogP contribution is 2.48. The molecule has 29 heavy (non-hydrogen) atoms. The third kappa shape index (κ3) is 7.12. The predicted octanol–water partition coefficient (Wildman–Crippen LogP) is 4.61. The van der Waals surface area contributed by atoms with E-state index in [0.717, 1.165) is 24.3 Å². The number of halogens is 1. The van der Waals surface area contributed by atoms with Gasteiger partial charge in [0.05, 0.1) is 11.4 Å². The lowest BCUT2D eigenvalue weighted by Crippen LogP contribution is -2.25. The molecule has 3 rings (SSSR count). The topological polar surface area (TPSA) is 81.1 Å². The Morgan fingerprint density at radius 1 is 1.14 bits per heavy atom. The van der Waals surface area contributed by atoms with Crippen LogP contribution in [0.3, 0.4) is 0 Å². The Kier molecular flexibility index (Phi) is 6.97. The van der Waals surface area contributed by atoms with Crippen LogP contribution in [0, 0.1) is 0 Å². The zero-order valence-electron chi connectivity index (χ0n) is 18.7. The number of hydrogen-bond donors (Lipinski definition) is 2. The van der Waals surface area contributed by atoms with E-state index in [2.05, 4.69) is 17.0 Å². The normalized spacial score (nSPS) is 14.2. The molecule has 2 N–H and O–H groups in total. The monoisotopic (exact) mass is 437 g/mol. The number of hydrogen-bond acceptors (Lipinski definition) is 5. The van der Waals surface area contributed by atoms with Crippen LogP contribution in [0.5, 0.6) is 0 Å². The molecule has 2 aromatic rings. The number of fused-ring (bicyclic) bond motifs is 2. The summed E-state index contributed by atoms with van der Waals surface area (Å²) in [6.45, 7) is -0.791. The fourth-order valence-electron chi connectivity index (χ4n) is 2.65. The van der Waals surface area contributed by atoms with Gasteiger partial charge in [-0.3, -0.25) is 0 Å². The number of carboxylic acids is 2. The van der Waals surface area contributed by atoms with Gasteiger partial charge in [-0.25, -0.2) is 9.59 Å². The summed E-state index contributed by atoms with van der Waals surface area (Å²) in [5, 5.41) is 16.3. The Balaban J connectivity index is 0.000000390. The van der Waals surface area contributed by atoms with Gasteiger partial charge >= 0.3 is 11.9 Å². The maximum atomic E-state index is 9.55. The second kappa shape index (κ2) is 10.9. The van der Waals surface area contributed by atoms with Gasteiger partial charge in [0.2, 0.25) is 0 Å².